The fourth-order valence-corrected chi connectivity index (χ4v) is 0.943. The van der Waals surface area contributed by atoms with Gasteiger partial charge in [-0.2, -0.15) is 0 Å². The monoisotopic (exact) mass is 217 g/mol. The number of halogens is 1. The zero-order valence-corrected chi connectivity index (χ0v) is 9.26. The third-order valence-corrected chi connectivity index (χ3v) is 1.68. The lowest BCUT2D eigenvalue weighted by molar-refractivity contribution is 0.317. The first-order valence-corrected chi connectivity index (χ1v) is 4.28. The summed E-state index contributed by atoms with van der Waals surface area (Å²) in [6.07, 6.45) is 0. The van der Waals surface area contributed by atoms with E-state index < -0.39 is 0 Å². The van der Waals surface area contributed by atoms with E-state index in [2.05, 4.69) is 5.32 Å². The van der Waals surface area contributed by atoms with E-state index in [0.717, 1.165) is 18.0 Å². The molecule has 0 fully saturated rings. The van der Waals surface area contributed by atoms with Crippen LogP contribution in [-0.4, -0.2) is 27.3 Å². The molecule has 0 atom stereocenters. The van der Waals surface area contributed by atoms with E-state index in [1.165, 1.54) is 0 Å². The lowest BCUT2D eigenvalue weighted by Gasteiger charge is -2.05. The molecule has 0 aliphatic carbocycles. The number of likely N-dealkylation sites (N-methyl/N-ethyl adjacent to an activating group) is 1. The molecule has 0 radical (unpaired) electrons. The molecule has 0 heterocycles. The molecule has 0 amide bonds. The number of benzene rings is 1. The Hall–Kier alpha value is -0.930. The number of nitrogens with one attached hydrogen (secondary N) is 1. The highest BCUT2D eigenvalue weighted by Crippen LogP contribution is 2.16. The Kier molecular flexibility index (Phi) is 6.98. The predicted molar refractivity (Wildman–Crippen MR) is 59.7 cm³/mol. The van der Waals surface area contributed by atoms with Crippen LogP contribution in [0, 0.1) is 0 Å². The quantitative estimate of drug-likeness (QED) is 0.762. The molecular weight excluding hydrogens is 202 g/mol. The van der Waals surface area contributed by atoms with Gasteiger partial charge in [0.1, 0.15) is 18.1 Å². The average molecular weight is 218 g/mol. The van der Waals surface area contributed by atoms with Crippen LogP contribution in [0.4, 0.5) is 0 Å². The molecule has 1 rings (SSSR count). The minimum Gasteiger partial charge on any atom is -0.497 e. The van der Waals surface area contributed by atoms with Crippen molar-refractivity contribution >= 4 is 12.4 Å². The first-order chi connectivity index (χ1) is 6.36. The van der Waals surface area contributed by atoms with Gasteiger partial charge in [0.2, 0.25) is 0 Å². The van der Waals surface area contributed by atoms with Gasteiger partial charge in [-0.3, -0.25) is 0 Å². The number of hydrogen-bond acceptors (Lipinski definition) is 3. The van der Waals surface area contributed by atoms with Crippen molar-refractivity contribution in [1.29, 1.82) is 0 Å². The van der Waals surface area contributed by atoms with Crippen LogP contribution in [-0.2, 0) is 0 Å². The molecule has 0 spiro atoms. The second-order valence-corrected chi connectivity index (χ2v) is 2.63. The molecule has 0 saturated carbocycles. The summed E-state index contributed by atoms with van der Waals surface area (Å²) in [5, 5.41) is 3.01. The molecule has 0 aliphatic heterocycles. The molecule has 14 heavy (non-hydrogen) atoms. The van der Waals surface area contributed by atoms with Gasteiger partial charge in [-0.05, 0) is 31.3 Å². The van der Waals surface area contributed by atoms with Gasteiger partial charge in [0.25, 0.3) is 0 Å². The van der Waals surface area contributed by atoms with E-state index >= 15 is 0 Å². The van der Waals surface area contributed by atoms with Gasteiger partial charge in [0.15, 0.2) is 0 Å². The zero-order chi connectivity index (χ0) is 9.52. The second-order valence-electron chi connectivity index (χ2n) is 2.63. The Morgan fingerprint density at radius 3 is 2.21 bits per heavy atom. The minimum atomic E-state index is 0. The van der Waals surface area contributed by atoms with Crippen molar-refractivity contribution in [2.75, 3.05) is 27.3 Å². The summed E-state index contributed by atoms with van der Waals surface area (Å²) < 4.78 is 10.5. The van der Waals surface area contributed by atoms with Crippen molar-refractivity contribution in [2.45, 2.75) is 0 Å². The first-order valence-electron chi connectivity index (χ1n) is 4.28. The van der Waals surface area contributed by atoms with Crippen molar-refractivity contribution in [3.8, 4) is 11.5 Å². The zero-order valence-electron chi connectivity index (χ0n) is 8.45. The molecule has 1 N–H and O–H groups in total. The molecule has 0 saturated heterocycles. The summed E-state index contributed by atoms with van der Waals surface area (Å²) in [5.74, 6) is 1.72. The van der Waals surface area contributed by atoms with Crippen LogP contribution in [0.2, 0.25) is 0 Å². The number of ether oxygens (including phenoxy) is 2. The highest BCUT2D eigenvalue weighted by Gasteiger charge is 1.93. The van der Waals surface area contributed by atoms with E-state index in [4.69, 9.17) is 9.47 Å². The van der Waals surface area contributed by atoms with Crippen LogP contribution in [0.1, 0.15) is 0 Å². The van der Waals surface area contributed by atoms with Crippen molar-refractivity contribution in [3.05, 3.63) is 24.3 Å². The van der Waals surface area contributed by atoms with Gasteiger partial charge in [0.05, 0.1) is 7.11 Å². The van der Waals surface area contributed by atoms with E-state index in [1.54, 1.807) is 7.11 Å². The summed E-state index contributed by atoms with van der Waals surface area (Å²) in [6, 6.07) is 7.56. The third kappa shape index (κ3) is 4.35. The molecular formula is C10H16ClNO2. The number of hydrogen-bond donors (Lipinski definition) is 1. The van der Waals surface area contributed by atoms with Crippen LogP contribution in [0.15, 0.2) is 24.3 Å². The SMILES string of the molecule is CNCCOc1ccc(OC)cc1.Cl. The maximum absolute atomic E-state index is 5.43. The van der Waals surface area contributed by atoms with E-state index in [1.807, 2.05) is 31.3 Å². The highest BCUT2D eigenvalue weighted by atomic mass is 35.5. The smallest absolute Gasteiger partial charge is 0.119 e. The molecule has 80 valence electrons. The highest BCUT2D eigenvalue weighted by molar-refractivity contribution is 5.85. The topological polar surface area (TPSA) is 30.5 Å². The molecule has 0 bridgehead atoms. The summed E-state index contributed by atoms with van der Waals surface area (Å²) >= 11 is 0. The molecule has 0 aliphatic rings. The second kappa shape index (κ2) is 7.47. The van der Waals surface area contributed by atoms with Gasteiger partial charge < -0.3 is 14.8 Å². The van der Waals surface area contributed by atoms with Gasteiger partial charge in [0, 0.05) is 6.54 Å². The maximum atomic E-state index is 5.43. The number of rotatable bonds is 5. The average Bonchev–Trinajstić information content (AvgIpc) is 2.19. The van der Waals surface area contributed by atoms with Crippen molar-refractivity contribution in [1.82, 2.24) is 5.32 Å². The van der Waals surface area contributed by atoms with E-state index in [9.17, 15) is 0 Å². The summed E-state index contributed by atoms with van der Waals surface area (Å²) in [4.78, 5) is 0. The standard InChI is InChI=1S/C10H15NO2.ClH/c1-11-7-8-13-10-5-3-9(12-2)4-6-10;/h3-6,11H,7-8H2,1-2H3;1H. The lowest BCUT2D eigenvalue weighted by atomic mass is 10.3. The Bertz CT molecular complexity index is 238. The fraction of sp³-hybridized carbons (Fsp3) is 0.400. The van der Waals surface area contributed by atoms with E-state index in [0.29, 0.717) is 6.61 Å². The lowest BCUT2D eigenvalue weighted by Crippen LogP contribution is -2.15. The van der Waals surface area contributed by atoms with Crippen LogP contribution in [0.25, 0.3) is 0 Å². The van der Waals surface area contributed by atoms with E-state index in [-0.39, 0.29) is 12.4 Å². The largest absolute Gasteiger partial charge is 0.497 e. The Balaban J connectivity index is 0.00000169. The maximum Gasteiger partial charge on any atom is 0.119 e. The predicted octanol–water partition coefficient (Wildman–Crippen LogP) is 1.72. The van der Waals surface area contributed by atoms with Gasteiger partial charge >= 0.3 is 0 Å². The molecule has 0 unspecified atom stereocenters. The van der Waals surface area contributed by atoms with Crippen molar-refractivity contribution < 1.29 is 9.47 Å². The van der Waals surface area contributed by atoms with Crippen molar-refractivity contribution in [2.24, 2.45) is 0 Å². The normalized spacial score (nSPS) is 9.00. The molecule has 0 aromatic heterocycles. The van der Waals surface area contributed by atoms with Crippen molar-refractivity contribution in [3.63, 3.8) is 0 Å². The molecule has 1 aromatic carbocycles. The first kappa shape index (κ1) is 13.1. The van der Waals surface area contributed by atoms with Gasteiger partial charge in [-0.15, -0.1) is 12.4 Å². The third-order valence-electron chi connectivity index (χ3n) is 1.68. The fourth-order valence-electron chi connectivity index (χ4n) is 0.943. The Morgan fingerprint density at radius 2 is 1.71 bits per heavy atom. The van der Waals surface area contributed by atoms with Crippen LogP contribution in [0.3, 0.4) is 0 Å². The van der Waals surface area contributed by atoms with Crippen LogP contribution < -0.4 is 14.8 Å². The summed E-state index contributed by atoms with van der Waals surface area (Å²) in [7, 11) is 3.55. The van der Waals surface area contributed by atoms with Crippen LogP contribution in [0.5, 0.6) is 11.5 Å². The van der Waals surface area contributed by atoms with Crippen LogP contribution >= 0.6 is 12.4 Å². The molecule has 3 nitrogen and oxygen atoms in total. The summed E-state index contributed by atoms with van der Waals surface area (Å²) in [5.41, 5.74) is 0. The Labute approximate surface area is 90.8 Å². The molecule has 4 heteroatoms. The molecule has 1 aromatic rings. The minimum absolute atomic E-state index is 0. The van der Waals surface area contributed by atoms with Gasteiger partial charge in [-0.25, -0.2) is 0 Å². The summed E-state index contributed by atoms with van der Waals surface area (Å²) in [6.45, 7) is 1.54. The number of methoxy groups -OCH3 is 1. The Morgan fingerprint density at radius 1 is 1.14 bits per heavy atom. The van der Waals surface area contributed by atoms with Gasteiger partial charge in [-0.1, -0.05) is 0 Å².